The zero-order valence-electron chi connectivity index (χ0n) is 14.9. The summed E-state index contributed by atoms with van der Waals surface area (Å²) in [6.07, 6.45) is 29.5. The van der Waals surface area contributed by atoms with Gasteiger partial charge >= 0.3 is 0 Å². The van der Waals surface area contributed by atoms with E-state index in [4.69, 9.17) is 5.73 Å². The molecule has 0 unspecified atom stereocenters. The molecule has 0 bridgehead atoms. The van der Waals surface area contributed by atoms with E-state index < -0.39 is 0 Å². The Morgan fingerprint density at radius 2 is 1.17 bits per heavy atom. The van der Waals surface area contributed by atoms with Gasteiger partial charge in [0, 0.05) is 6.42 Å². The van der Waals surface area contributed by atoms with Crippen LogP contribution >= 0.6 is 0 Å². The second kappa shape index (κ2) is 18.5. The van der Waals surface area contributed by atoms with Crippen LogP contribution in [0.1, 0.15) is 77.6 Å². The van der Waals surface area contributed by atoms with Crippen LogP contribution in [0.5, 0.6) is 0 Å². The molecule has 2 nitrogen and oxygen atoms in total. The van der Waals surface area contributed by atoms with Gasteiger partial charge in [-0.05, 0) is 44.9 Å². The number of primary amides is 1. The lowest BCUT2D eigenvalue weighted by molar-refractivity contribution is -0.118. The summed E-state index contributed by atoms with van der Waals surface area (Å²) in [6.45, 7) is 2.25. The third-order valence-corrected chi connectivity index (χ3v) is 3.50. The van der Waals surface area contributed by atoms with E-state index in [-0.39, 0.29) is 5.91 Å². The predicted molar refractivity (Wildman–Crippen MR) is 102 cm³/mol. The first-order valence-corrected chi connectivity index (χ1v) is 9.15. The van der Waals surface area contributed by atoms with Crippen molar-refractivity contribution in [1.29, 1.82) is 0 Å². The first-order valence-electron chi connectivity index (χ1n) is 9.15. The van der Waals surface area contributed by atoms with Gasteiger partial charge in [-0.1, -0.05) is 74.8 Å². The molecule has 0 saturated carbocycles. The third-order valence-electron chi connectivity index (χ3n) is 3.50. The average Bonchev–Trinajstić information content (AvgIpc) is 2.53. The molecule has 130 valence electrons. The molecule has 1 amide bonds. The molecule has 0 rings (SSSR count). The van der Waals surface area contributed by atoms with E-state index in [2.05, 4.69) is 55.5 Å². The zero-order chi connectivity index (χ0) is 17.0. The molecule has 0 fully saturated rings. The molecule has 0 spiro atoms. The minimum Gasteiger partial charge on any atom is -0.370 e. The standard InChI is InChI=1S/C21H35NO/c1-2-3-4-5-6-7-8-9-10-11-12-13-14-15-16-17-18-19-20-21(22)23/h7-8,10-11,13-14,16-17H,2-6,9,12,15,18-20H2,1H3,(H2,22,23)/b8-7-,11-10-,14-13-,17-16-. The number of carbonyl (C=O) groups excluding carboxylic acids is 1. The molecular weight excluding hydrogens is 282 g/mol. The fourth-order valence-electron chi connectivity index (χ4n) is 2.13. The Hall–Kier alpha value is -1.57. The number of carbonyl (C=O) groups is 1. The minimum absolute atomic E-state index is 0.212. The van der Waals surface area contributed by atoms with E-state index in [1.807, 2.05) is 0 Å². The van der Waals surface area contributed by atoms with E-state index in [0.29, 0.717) is 6.42 Å². The summed E-state index contributed by atoms with van der Waals surface area (Å²) in [4.78, 5) is 10.5. The van der Waals surface area contributed by atoms with Gasteiger partial charge in [0.15, 0.2) is 0 Å². The molecule has 0 aliphatic heterocycles. The van der Waals surface area contributed by atoms with Crippen molar-refractivity contribution in [3.05, 3.63) is 48.6 Å². The first kappa shape index (κ1) is 21.4. The summed E-state index contributed by atoms with van der Waals surface area (Å²) in [5.41, 5.74) is 5.08. The van der Waals surface area contributed by atoms with Gasteiger partial charge in [0.25, 0.3) is 0 Å². The van der Waals surface area contributed by atoms with Crippen LogP contribution in [0.25, 0.3) is 0 Å². The highest BCUT2D eigenvalue weighted by Gasteiger charge is 1.90. The number of rotatable bonds is 15. The van der Waals surface area contributed by atoms with Crippen molar-refractivity contribution >= 4 is 5.91 Å². The molecule has 0 aromatic carbocycles. The Kier molecular flexibility index (Phi) is 17.2. The van der Waals surface area contributed by atoms with Crippen LogP contribution in [0.4, 0.5) is 0 Å². The average molecular weight is 318 g/mol. The van der Waals surface area contributed by atoms with Gasteiger partial charge in [0.2, 0.25) is 5.91 Å². The van der Waals surface area contributed by atoms with E-state index in [1.54, 1.807) is 0 Å². The number of hydrogen-bond acceptors (Lipinski definition) is 1. The first-order chi connectivity index (χ1) is 11.3. The molecule has 0 heterocycles. The lowest BCUT2D eigenvalue weighted by Gasteiger charge is -1.93. The van der Waals surface area contributed by atoms with Crippen LogP contribution in [0.3, 0.4) is 0 Å². The van der Waals surface area contributed by atoms with Gasteiger partial charge < -0.3 is 5.73 Å². The van der Waals surface area contributed by atoms with Crippen LogP contribution in [0, 0.1) is 0 Å². The molecule has 0 aromatic heterocycles. The Labute approximate surface area is 143 Å². The third kappa shape index (κ3) is 20.4. The van der Waals surface area contributed by atoms with Crippen molar-refractivity contribution in [3.63, 3.8) is 0 Å². The van der Waals surface area contributed by atoms with Gasteiger partial charge in [0.05, 0.1) is 0 Å². The van der Waals surface area contributed by atoms with Crippen molar-refractivity contribution in [2.75, 3.05) is 0 Å². The van der Waals surface area contributed by atoms with Crippen LogP contribution < -0.4 is 5.73 Å². The van der Waals surface area contributed by atoms with Crippen molar-refractivity contribution in [3.8, 4) is 0 Å². The Morgan fingerprint density at radius 1 is 0.696 bits per heavy atom. The number of allylic oxidation sites excluding steroid dienone is 8. The maximum absolute atomic E-state index is 10.5. The fraction of sp³-hybridized carbons (Fsp3) is 0.571. The highest BCUT2D eigenvalue weighted by Crippen LogP contribution is 2.03. The monoisotopic (exact) mass is 317 g/mol. The predicted octanol–water partition coefficient (Wildman–Crippen LogP) is 6.01. The Bertz CT molecular complexity index is 377. The van der Waals surface area contributed by atoms with E-state index >= 15 is 0 Å². The molecule has 2 heteroatoms. The van der Waals surface area contributed by atoms with Crippen molar-refractivity contribution in [2.24, 2.45) is 5.73 Å². The largest absolute Gasteiger partial charge is 0.370 e. The molecule has 0 aliphatic rings. The molecule has 0 aromatic rings. The summed E-state index contributed by atoms with van der Waals surface area (Å²) in [6, 6.07) is 0. The van der Waals surface area contributed by atoms with Crippen LogP contribution in [-0.4, -0.2) is 5.91 Å². The second-order valence-electron chi connectivity index (χ2n) is 5.80. The van der Waals surface area contributed by atoms with Gasteiger partial charge in [-0.15, -0.1) is 0 Å². The van der Waals surface area contributed by atoms with Gasteiger partial charge in [-0.25, -0.2) is 0 Å². The number of hydrogen-bond donors (Lipinski definition) is 1. The summed E-state index contributed by atoms with van der Waals surface area (Å²) < 4.78 is 0. The number of amides is 1. The molecule has 0 atom stereocenters. The minimum atomic E-state index is -0.212. The maximum atomic E-state index is 10.5. The summed E-state index contributed by atoms with van der Waals surface area (Å²) in [5, 5.41) is 0. The smallest absolute Gasteiger partial charge is 0.217 e. The highest BCUT2D eigenvalue weighted by molar-refractivity contribution is 5.73. The molecule has 23 heavy (non-hydrogen) atoms. The van der Waals surface area contributed by atoms with Gasteiger partial charge in [-0.2, -0.15) is 0 Å². The molecule has 2 N–H and O–H groups in total. The summed E-state index contributed by atoms with van der Waals surface area (Å²) >= 11 is 0. The van der Waals surface area contributed by atoms with Crippen LogP contribution in [-0.2, 0) is 4.79 Å². The zero-order valence-corrected chi connectivity index (χ0v) is 14.9. The SMILES string of the molecule is CCCCCC/C=C\C/C=C\C/C=C\C/C=C\CCCC(N)=O. The Morgan fingerprint density at radius 3 is 1.65 bits per heavy atom. The number of nitrogens with two attached hydrogens (primary N) is 1. The van der Waals surface area contributed by atoms with Crippen molar-refractivity contribution < 1.29 is 4.79 Å². The Balaban J connectivity index is 3.39. The molecule has 0 radical (unpaired) electrons. The topological polar surface area (TPSA) is 43.1 Å². The normalized spacial score (nSPS) is 12.4. The lowest BCUT2D eigenvalue weighted by Crippen LogP contribution is -2.09. The van der Waals surface area contributed by atoms with Gasteiger partial charge in [-0.3, -0.25) is 4.79 Å². The molecule has 0 saturated heterocycles. The molecular formula is C21H35NO. The second-order valence-corrected chi connectivity index (χ2v) is 5.80. The summed E-state index contributed by atoms with van der Waals surface area (Å²) in [5.74, 6) is -0.212. The van der Waals surface area contributed by atoms with E-state index in [9.17, 15) is 4.79 Å². The maximum Gasteiger partial charge on any atom is 0.217 e. The molecule has 0 aliphatic carbocycles. The van der Waals surface area contributed by atoms with Crippen LogP contribution in [0.15, 0.2) is 48.6 Å². The van der Waals surface area contributed by atoms with Crippen molar-refractivity contribution in [2.45, 2.75) is 77.6 Å². The fourth-order valence-corrected chi connectivity index (χ4v) is 2.13. The van der Waals surface area contributed by atoms with E-state index in [0.717, 1.165) is 32.1 Å². The van der Waals surface area contributed by atoms with Crippen molar-refractivity contribution in [1.82, 2.24) is 0 Å². The van der Waals surface area contributed by atoms with Gasteiger partial charge in [0.1, 0.15) is 0 Å². The quantitative estimate of drug-likeness (QED) is 0.292. The lowest BCUT2D eigenvalue weighted by atomic mass is 10.1. The van der Waals surface area contributed by atoms with Crippen LogP contribution in [0.2, 0.25) is 0 Å². The number of unbranched alkanes of at least 4 members (excludes halogenated alkanes) is 5. The summed E-state index contributed by atoms with van der Waals surface area (Å²) in [7, 11) is 0. The highest BCUT2D eigenvalue weighted by atomic mass is 16.1. The van der Waals surface area contributed by atoms with E-state index in [1.165, 1.54) is 32.1 Å².